The molecule has 0 aromatic heterocycles. The number of hydrogen-bond acceptors (Lipinski definition) is 3. The molecule has 0 saturated carbocycles. The number of ether oxygens (including phenoxy) is 1. The van der Waals surface area contributed by atoms with Crippen molar-refractivity contribution in [3.8, 4) is 0 Å². The highest BCUT2D eigenvalue weighted by molar-refractivity contribution is 9.10. The van der Waals surface area contributed by atoms with Crippen LogP contribution >= 0.6 is 27.5 Å². The Morgan fingerprint density at radius 2 is 1.82 bits per heavy atom. The molecule has 4 nitrogen and oxygen atoms in total. The molecule has 0 aliphatic carbocycles. The smallest absolute Gasteiger partial charge is 0.248 e. The third kappa shape index (κ3) is 6.45. The lowest BCUT2D eigenvalue weighted by molar-refractivity contribution is -0.136. The van der Waals surface area contributed by atoms with Gasteiger partial charge in [0.2, 0.25) is 5.91 Å². The lowest BCUT2D eigenvalue weighted by Crippen LogP contribution is -2.41. The van der Waals surface area contributed by atoms with E-state index in [1.807, 2.05) is 11.0 Å². The van der Waals surface area contributed by atoms with Crippen molar-refractivity contribution in [2.24, 2.45) is 11.8 Å². The van der Waals surface area contributed by atoms with Gasteiger partial charge in [0.25, 0.3) is 0 Å². The Morgan fingerprint density at radius 1 is 1.14 bits per heavy atom. The number of rotatable bonds is 7. The van der Waals surface area contributed by atoms with Crippen molar-refractivity contribution < 1.29 is 9.53 Å². The third-order valence-corrected chi connectivity index (χ3v) is 7.32. The average Bonchev–Trinajstić information content (AvgIpc) is 2.71. The number of halogens is 2. The summed E-state index contributed by atoms with van der Waals surface area (Å²) in [6.45, 7) is 5.60. The highest BCUT2D eigenvalue weighted by Gasteiger charge is 2.24. The summed E-state index contributed by atoms with van der Waals surface area (Å²) < 4.78 is 6.14. The molecule has 2 fully saturated rings. The molecular formula is C22H32BrClN2O2. The summed E-state index contributed by atoms with van der Waals surface area (Å²) >= 11 is 9.82. The highest BCUT2D eigenvalue weighted by Crippen LogP contribution is 2.28. The van der Waals surface area contributed by atoms with Crippen LogP contribution in [0.25, 0.3) is 0 Å². The van der Waals surface area contributed by atoms with Crippen LogP contribution in [-0.4, -0.2) is 62.1 Å². The van der Waals surface area contributed by atoms with Gasteiger partial charge in [0.15, 0.2) is 0 Å². The molecule has 1 amide bonds. The average molecular weight is 472 g/mol. The standard InChI is InChI=1S/C22H32BrClN2O2/c1-28-16-22(27)26-12-7-17(8-13-26)4-9-25-10-5-18(6-11-25)14-19-15-20(24)2-3-21(19)23/h2-3,15,17-18H,4-14,16H2,1H3. The minimum Gasteiger partial charge on any atom is -0.375 e. The zero-order valence-electron chi connectivity index (χ0n) is 16.8. The summed E-state index contributed by atoms with van der Waals surface area (Å²) in [6, 6.07) is 6.10. The summed E-state index contributed by atoms with van der Waals surface area (Å²) in [4.78, 5) is 16.5. The van der Waals surface area contributed by atoms with E-state index in [1.165, 1.54) is 48.9 Å². The Morgan fingerprint density at radius 3 is 2.50 bits per heavy atom. The molecule has 0 atom stereocenters. The summed E-state index contributed by atoms with van der Waals surface area (Å²) in [5.41, 5.74) is 1.33. The van der Waals surface area contributed by atoms with E-state index in [-0.39, 0.29) is 12.5 Å². The van der Waals surface area contributed by atoms with Crippen LogP contribution in [0.5, 0.6) is 0 Å². The Hall–Kier alpha value is -0.620. The van der Waals surface area contributed by atoms with Gasteiger partial charge in [0, 0.05) is 29.7 Å². The molecule has 2 aliphatic heterocycles. The van der Waals surface area contributed by atoms with Crippen LogP contribution in [0.15, 0.2) is 22.7 Å². The van der Waals surface area contributed by atoms with Crippen molar-refractivity contribution >= 4 is 33.4 Å². The fourth-order valence-corrected chi connectivity index (χ4v) is 5.08. The molecule has 6 heteroatoms. The molecule has 0 bridgehead atoms. The van der Waals surface area contributed by atoms with E-state index in [0.717, 1.165) is 49.2 Å². The summed E-state index contributed by atoms with van der Waals surface area (Å²) in [6.07, 6.45) is 7.18. The Balaban J connectivity index is 1.34. The highest BCUT2D eigenvalue weighted by atomic mass is 79.9. The number of piperidine rings is 2. The second-order valence-corrected chi connectivity index (χ2v) is 9.56. The monoisotopic (exact) mass is 470 g/mol. The predicted molar refractivity (Wildman–Crippen MR) is 118 cm³/mol. The lowest BCUT2D eigenvalue weighted by atomic mass is 9.89. The summed E-state index contributed by atoms with van der Waals surface area (Å²) in [5.74, 6) is 1.64. The maximum Gasteiger partial charge on any atom is 0.248 e. The number of hydrogen-bond donors (Lipinski definition) is 0. The number of likely N-dealkylation sites (tertiary alicyclic amines) is 2. The molecule has 1 aromatic carbocycles. The molecule has 0 spiro atoms. The Labute approximate surface area is 182 Å². The van der Waals surface area contributed by atoms with Gasteiger partial charge in [-0.15, -0.1) is 0 Å². The van der Waals surface area contributed by atoms with E-state index in [0.29, 0.717) is 0 Å². The van der Waals surface area contributed by atoms with E-state index < -0.39 is 0 Å². The number of benzene rings is 1. The maximum absolute atomic E-state index is 11.9. The number of carbonyl (C=O) groups is 1. The van der Waals surface area contributed by atoms with E-state index in [2.05, 4.69) is 33.0 Å². The van der Waals surface area contributed by atoms with Gasteiger partial charge in [0.05, 0.1) is 0 Å². The third-order valence-electron chi connectivity index (χ3n) is 6.31. The van der Waals surface area contributed by atoms with Gasteiger partial charge < -0.3 is 14.5 Å². The van der Waals surface area contributed by atoms with Gasteiger partial charge in [0.1, 0.15) is 6.61 Å². The molecule has 0 N–H and O–H groups in total. The van der Waals surface area contributed by atoms with Crippen LogP contribution in [0, 0.1) is 11.8 Å². The first-order chi connectivity index (χ1) is 13.5. The van der Waals surface area contributed by atoms with Crippen molar-refractivity contribution in [1.29, 1.82) is 0 Å². The zero-order valence-corrected chi connectivity index (χ0v) is 19.2. The van der Waals surface area contributed by atoms with Crippen molar-refractivity contribution in [3.05, 3.63) is 33.3 Å². The van der Waals surface area contributed by atoms with Gasteiger partial charge in [-0.25, -0.2) is 0 Å². The van der Waals surface area contributed by atoms with E-state index in [9.17, 15) is 4.79 Å². The molecular weight excluding hydrogens is 440 g/mol. The molecule has 2 saturated heterocycles. The molecule has 2 aliphatic rings. The first-order valence-corrected chi connectivity index (χ1v) is 11.6. The quantitative estimate of drug-likeness (QED) is 0.581. The maximum atomic E-state index is 11.9. The Bertz CT molecular complexity index is 641. The molecule has 3 rings (SSSR count). The van der Waals surface area contributed by atoms with Crippen molar-refractivity contribution in [2.75, 3.05) is 46.4 Å². The first kappa shape index (κ1) is 22.1. The number of methoxy groups -OCH3 is 1. The number of amides is 1. The number of carbonyl (C=O) groups excluding carboxylic acids is 1. The van der Waals surface area contributed by atoms with Crippen LogP contribution in [0.2, 0.25) is 5.02 Å². The largest absolute Gasteiger partial charge is 0.375 e. The van der Waals surface area contributed by atoms with E-state index >= 15 is 0 Å². The second kappa shape index (κ2) is 11.0. The molecule has 0 radical (unpaired) electrons. The molecule has 28 heavy (non-hydrogen) atoms. The minimum atomic E-state index is 0.134. The van der Waals surface area contributed by atoms with E-state index in [1.54, 1.807) is 7.11 Å². The van der Waals surface area contributed by atoms with Gasteiger partial charge in [-0.1, -0.05) is 27.5 Å². The SMILES string of the molecule is COCC(=O)N1CCC(CCN2CCC(Cc3cc(Cl)ccc3Br)CC2)CC1. The van der Waals surface area contributed by atoms with Gasteiger partial charge in [-0.05, 0) is 93.8 Å². The molecule has 0 unspecified atom stereocenters. The van der Waals surface area contributed by atoms with Gasteiger partial charge in [-0.2, -0.15) is 0 Å². The summed E-state index contributed by atoms with van der Waals surface area (Å²) in [7, 11) is 1.58. The fourth-order valence-electron chi connectivity index (χ4n) is 4.48. The van der Waals surface area contributed by atoms with Crippen LogP contribution in [0.3, 0.4) is 0 Å². The summed E-state index contributed by atoms with van der Waals surface area (Å²) in [5, 5.41) is 0.825. The van der Waals surface area contributed by atoms with Crippen molar-refractivity contribution in [1.82, 2.24) is 9.80 Å². The fraction of sp³-hybridized carbons (Fsp3) is 0.682. The second-order valence-electron chi connectivity index (χ2n) is 8.27. The normalized spacial score (nSPS) is 19.9. The predicted octanol–water partition coefficient (Wildman–Crippen LogP) is 4.63. The molecule has 156 valence electrons. The number of nitrogens with zero attached hydrogens (tertiary/aromatic N) is 2. The minimum absolute atomic E-state index is 0.134. The van der Waals surface area contributed by atoms with Crippen LogP contribution in [-0.2, 0) is 16.0 Å². The van der Waals surface area contributed by atoms with Crippen molar-refractivity contribution in [2.45, 2.75) is 38.5 Å². The van der Waals surface area contributed by atoms with Crippen LogP contribution < -0.4 is 0 Å². The lowest BCUT2D eigenvalue weighted by Gasteiger charge is -2.35. The van der Waals surface area contributed by atoms with Crippen LogP contribution in [0.1, 0.15) is 37.7 Å². The zero-order chi connectivity index (χ0) is 19.9. The van der Waals surface area contributed by atoms with Gasteiger partial charge in [-0.3, -0.25) is 4.79 Å². The topological polar surface area (TPSA) is 32.8 Å². The van der Waals surface area contributed by atoms with Gasteiger partial charge >= 0.3 is 0 Å². The Kier molecular flexibility index (Phi) is 8.64. The molecule has 1 aromatic rings. The van der Waals surface area contributed by atoms with Crippen LogP contribution in [0.4, 0.5) is 0 Å². The molecule has 2 heterocycles. The van der Waals surface area contributed by atoms with E-state index in [4.69, 9.17) is 16.3 Å². The first-order valence-electron chi connectivity index (χ1n) is 10.5. The van der Waals surface area contributed by atoms with Crippen molar-refractivity contribution in [3.63, 3.8) is 0 Å².